The number of halogens is 1. The molecule has 0 saturated carbocycles. The van der Waals surface area contributed by atoms with E-state index in [0.29, 0.717) is 11.7 Å². The zero-order valence-electron chi connectivity index (χ0n) is 9.76. The lowest BCUT2D eigenvalue weighted by Crippen LogP contribution is -1.90. The van der Waals surface area contributed by atoms with Gasteiger partial charge >= 0.3 is 0 Å². The van der Waals surface area contributed by atoms with Gasteiger partial charge in [0.05, 0.1) is 10.3 Å². The molecule has 1 unspecified atom stereocenters. The second-order valence-electron chi connectivity index (χ2n) is 3.98. The molecule has 0 spiro atoms. The summed E-state index contributed by atoms with van der Waals surface area (Å²) in [4.78, 5) is 5.33. The van der Waals surface area contributed by atoms with E-state index in [9.17, 15) is 0 Å². The van der Waals surface area contributed by atoms with Crippen molar-refractivity contribution in [3.8, 4) is 10.8 Å². The van der Waals surface area contributed by atoms with Gasteiger partial charge in [0.25, 0.3) is 5.89 Å². The fourth-order valence-electron chi connectivity index (χ4n) is 1.73. The minimum Gasteiger partial charge on any atom is -0.333 e. The van der Waals surface area contributed by atoms with Crippen molar-refractivity contribution in [1.29, 1.82) is 0 Å². The van der Waals surface area contributed by atoms with Crippen molar-refractivity contribution in [1.82, 2.24) is 10.1 Å². The quantitative estimate of drug-likeness (QED) is 0.655. The van der Waals surface area contributed by atoms with Crippen molar-refractivity contribution in [3.63, 3.8) is 0 Å². The first-order valence-corrected chi connectivity index (χ1v) is 7.00. The molecule has 0 saturated heterocycles. The third-order valence-electron chi connectivity index (χ3n) is 2.72. The Balaban J connectivity index is 2.01. The van der Waals surface area contributed by atoms with Gasteiger partial charge in [-0.25, -0.2) is 0 Å². The van der Waals surface area contributed by atoms with Gasteiger partial charge in [-0.3, -0.25) is 0 Å². The van der Waals surface area contributed by atoms with Crippen LogP contribution in [0.2, 0.25) is 0 Å². The van der Waals surface area contributed by atoms with Crippen molar-refractivity contribution in [2.75, 3.05) is 0 Å². The van der Waals surface area contributed by atoms with E-state index in [0.717, 1.165) is 11.3 Å². The van der Waals surface area contributed by atoms with E-state index >= 15 is 0 Å². The number of benzene rings is 1. The Morgan fingerprint density at radius 2 is 2.22 bits per heavy atom. The number of nitrogens with zero attached hydrogens (tertiary/aromatic N) is 2. The second kappa shape index (κ2) is 4.71. The molecule has 0 amide bonds. The topological polar surface area (TPSA) is 38.9 Å². The highest BCUT2D eigenvalue weighted by atomic mass is 35.5. The van der Waals surface area contributed by atoms with Crippen LogP contribution in [0.3, 0.4) is 0 Å². The van der Waals surface area contributed by atoms with Crippen LogP contribution >= 0.6 is 22.9 Å². The van der Waals surface area contributed by atoms with Gasteiger partial charge in [-0.05, 0) is 23.9 Å². The molecule has 3 rings (SSSR count). The van der Waals surface area contributed by atoms with Gasteiger partial charge in [-0.2, -0.15) is 4.98 Å². The largest absolute Gasteiger partial charge is 0.333 e. The minimum absolute atomic E-state index is 0.183. The van der Waals surface area contributed by atoms with Crippen molar-refractivity contribution in [3.05, 3.63) is 36.2 Å². The summed E-state index contributed by atoms with van der Waals surface area (Å²) < 4.78 is 6.48. The molecule has 92 valence electrons. The van der Waals surface area contributed by atoms with Crippen LogP contribution in [0.5, 0.6) is 0 Å². The Hall–Kier alpha value is -1.39. The van der Waals surface area contributed by atoms with Crippen LogP contribution in [-0.4, -0.2) is 10.1 Å². The summed E-state index contributed by atoms with van der Waals surface area (Å²) in [5, 5.41) is 4.93. The summed E-state index contributed by atoms with van der Waals surface area (Å²) in [5.74, 6) is 1.11. The van der Waals surface area contributed by atoms with Gasteiger partial charge in [0, 0.05) is 4.70 Å². The first-order valence-electron chi connectivity index (χ1n) is 5.74. The molecule has 18 heavy (non-hydrogen) atoms. The third-order valence-corrected chi connectivity index (χ3v) is 4.32. The summed E-state index contributed by atoms with van der Waals surface area (Å²) in [7, 11) is 0. The van der Waals surface area contributed by atoms with E-state index in [-0.39, 0.29) is 5.38 Å². The number of alkyl halides is 1. The van der Waals surface area contributed by atoms with Gasteiger partial charge in [0.1, 0.15) is 0 Å². The zero-order valence-corrected chi connectivity index (χ0v) is 11.3. The van der Waals surface area contributed by atoms with Crippen molar-refractivity contribution >= 4 is 33.0 Å². The fraction of sp³-hybridized carbons (Fsp3) is 0.231. The number of thiophene rings is 1. The molecule has 5 heteroatoms. The monoisotopic (exact) mass is 278 g/mol. The maximum absolute atomic E-state index is 6.09. The van der Waals surface area contributed by atoms with E-state index in [1.54, 1.807) is 11.3 Å². The van der Waals surface area contributed by atoms with Crippen LogP contribution in [-0.2, 0) is 0 Å². The minimum atomic E-state index is -0.183. The first kappa shape index (κ1) is 11.7. The van der Waals surface area contributed by atoms with Gasteiger partial charge in [0.15, 0.2) is 5.82 Å². The lowest BCUT2D eigenvalue weighted by Gasteiger charge is -1.95. The average molecular weight is 279 g/mol. The molecule has 0 aliphatic rings. The Morgan fingerprint density at radius 3 is 3.00 bits per heavy atom. The molecule has 2 aromatic heterocycles. The van der Waals surface area contributed by atoms with Gasteiger partial charge in [0.2, 0.25) is 0 Å². The number of fused-ring (bicyclic) bond motifs is 1. The predicted octanol–water partition coefficient (Wildman–Crippen LogP) is 4.64. The molecule has 0 bridgehead atoms. The molecule has 0 N–H and O–H groups in total. The predicted molar refractivity (Wildman–Crippen MR) is 74.0 cm³/mol. The number of hydrogen-bond acceptors (Lipinski definition) is 4. The molecule has 0 aliphatic carbocycles. The van der Waals surface area contributed by atoms with E-state index in [2.05, 4.69) is 28.3 Å². The van der Waals surface area contributed by atoms with Crippen molar-refractivity contribution in [2.24, 2.45) is 0 Å². The SMILES string of the molecule is CCC(Cl)c1noc(-c2cc3ccccc3s2)n1. The lowest BCUT2D eigenvalue weighted by molar-refractivity contribution is 0.422. The zero-order chi connectivity index (χ0) is 12.5. The molecule has 2 heterocycles. The second-order valence-corrected chi connectivity index (χ2v) is 5.59. The van der Waals surface area contributed by atoms with Crippen LogP contribution < -0.4 is 0 Å². The molecule has 0 fully saturated rings. The summed E-state index contributed by atoms with van der Waals surface area (Å²) in [6, 6.07) is 10.3. The van der Waals surface area contributed by atoms with Crippen LogP contribution in [0.4, 0.5) is 0 Å². The van der Waals surface area contributed by atoms with Crippen molar-refractivity contribution < 1.29 is 4.52 Å². The molecule has 1 aromatic carbocycles. The van der Waals surface area contributed by atoms with Gasteiger partial charge in [-0.15, -0.1) is 22.9 Å². The Labute approximate surface area is 113 Å². The summed E-state index contributed by atoms with van der Waals surface area (Å²) in [6.07, 6.45) is 0.785. The third kappa shape index (κ3) is 2.02. The van der Waals surface area contributed by atoms with Crippen LogP contribution in [0.1, 0.15) is 24.5 Å². The molecule has 3 nitrogen and oxygen atoms in total. The average Bonchev–Trinajstić information content (AvgIpc) is 3.03. The Bertz CT molecular complexity index is 643. The number of rotatable bonds is 3. The standard InChI is InChI=1S/C13H11ClN2OS/c1-2-9(14)12-15-13(17-16-12)11-7-8-5-3-4-6-10(8)18-11/h3-7,9H,2H2,1H3. The maximum atomic E-state index is 6.09. The highest BCUT2D eigenvalue weighted by Gasteiger charge is 2.16. The molecular weight excluding hydrogens is 268 g/mol. The van der Waals surface area contributed by atoms with Crippen molar-refractivity contribution in [2.45, 2.75) is 18.7 Å². The Kier molecular flexibility index (Phi) is 3.06. The molecule has 1 atom stereocenters. The van der Waals surface area contributed by atoms with Gasteiger partial charge in [-0.1, -0.05) is 30.3 Å². The first-order chi connectivity index (χ1) is 8.78. The maximum Gasteiger partial charge on any atom is 0.268 e. The fourth-order valence-corrected chi connectivity index (χ4v) is 2.81. The van der Waals surface area contributed by atoms with E-state index in [4.69, 9.17) is 16.1 Å². The summed E-state index contributed by atoms with van der Waals surface area (Å²) in [6.45, 7) is 1.99. The van der Waals surface area contributed by atoms with E-state index in [1.165, 1.54) is 10.1 Å². The molecule has 3 aromatic rings. The Morgan fingerprint density at radius 1 is 1.39 bits per heavy atom. The summed E-state index contributed by atoms with van der Waals surface area (Å²) in [5.41, 5.74) is 0. The smallest absolute Gasteiger partial charge is 0.268 e. The van der Waals surface area contributed by atoms with E-state index in [1.807, 2.05) is 19.1 Å². The van der Waals surface area contributed by atoms with Crippen LogP contribution in [0, 0.1) is 0 Å². The molecule has 0 aliphatic heterocycles. The van der Waals surface area contributed by atoms with E-state index < -0.39 is 0 Å². The number of aromatic nitrogens is 2. The number of hydrogen-bond donors (Lipinski definition) is 0. The lowest BCUT2D eigenvalue weighted by atomic mass is 10.2. The van der Waals surface area contributed by atoms with Crippen LogP contribution in [0.25, 0.3) is 20.9 Å². The molecular formula is C13H11ClN2OS. The molecule has 0 radical (unpaired) electrons. The highest BCUT2D eigenvalue weighted by molar-refractivity contribution is 7.22. The van der Waals surface area contributed by atoms with Gasteiger partial charge < -0.3 is 4.52 Å². The normalized spacial score (nSPS) is 13.0. The summed E-state index contributed by atoms with van der Waals surface area (Å²) >= 11 is 7.73. The highest BCUT2D eigenvalue weighted by Crippen LogP contribution is 2.33. The van der Waals surface area contributed by atoms with Crippen LogP contribution in [0.15, 0.2) is 34.9 Å².